The van der Waals surface area contributed by atoms with E-state index < -0.39 is 0 Å². The van der Waals surface area contributed by atoms with E-state index in [2.05, 4.69) is 0 Å². The minimum Gasteiger partial charge on any atom is 0 e. The molecule has 0 heterocycles. The van der Waals surface area contributed by atoms with Gasteiger partial charge in [-0.05, 0) is 0 Å². The van der Waals surface area contributed by atoms with Gasteiger partial charge in [-0.2, -0.15) is 0 Å². The molecule has 0 aromatic rings. The van der Waals surface area contributed by atoms with Crippen molar-refractivity contribution in [3.8, 4) is 0 Å². The van der Waals surface area contributed by atoms with Crippen molar-refractivity contribution < 1.29 is 67.1 Å². The van der Waals surface area contributed by atoms with Crippen molar-refractivity contribution in [1.29, 1.82) is 0 Å². The fourth-order valence-electron chi connectivity index (χ4n) is 0. The third kappa shape index (κ3) is 18.9. The molecular weight excluding hydrogens is 378 g/mol. The van der Waals surface area contributed by atoms with Crippen LogP contribution in [-0.4, -0.2) is 34.7 Å². The average Bonchev–Trinajstić information content (AvgIpc) is 0. The average molecular weight is 378 g/mol. The standard InChI is InChI=1S/3Ag.2Al. The van der Waals surface area contributed by atoms with Crippen LogP contribution in [0.25, 0.3) is 0 Å². The van der Waals surface area contributed by atoms with Crippen molar-refractivity contribution >= 4 is 34.7 Å². The Morgan fingerprint density at radius 3 is 0.400 bits per heavy atom. The quantitative estimate of drug-likeness (QED) is 0.487. The first kappa shape index (κ1) is 40.7. The summed E-state index contributed by atoms with van der Waals surface area (Å²) in [6.45, 7) is 0. The molecule has 0 aromatic heterocycles. The second-order valence-corrected chi connectivity index (χ2v) is 0. The van der Waals surface area contributed by atoms with Crippen LogP contribution >= 0.6 is 0 Å². The Kier molecular flexibility index (Phi) is 217. The van der Waals surface area contributed by atoms with Gasteiger partial charge in [-0.25, -0.2) is 0 Å². The van der Waals surface area contributed by atoms with E-state index in [9.17, 15) is 0 Å². The second kappa shape index (κ2) is 26.7. The minimum absolute atomic E-state index is 0. The predicted octanol–water partition coefficient (Wildman–Crippen LogP) is -0.769. The molecule has 0 fully saturated rings. The molecule has 9 radical (unpaired) electrons. The van der Waals surface area contributed by atoms with Gasteiger partial charge in [0, 0.05) is 102 Å². The van der Waals surface area contributed by atoms with E-state index in [0.717, 1.165) is 0 Å². The van der Waals surface area contributed by atoms with E-state index in [1.54, 1.807) is 0 Å². The molecular formula is Ag3Al2. The van der Waals surface area contributed by atoms with Crippen LogP contribution in [0.1, 0.15) is 0 Å². The summed E-state index contributed by atoms with van der Waals surface area (Å²) >= 11 is 0. The van der Waals surface area contributed by atoms with Gasteiger partial charge in [0.15, 0.2) is 0 Å². The molecule has 0 unspecified atom stereocenters. The first-order chi connectivity index (χ1) is 0. The zero-order valence-corrected chi connectivity index (χ0v) is 8.82. The van der Waals surface area contributed by atoms with Crippen LogP contribution in [0.4, 0.5) is 0 Å². The van der Waals surface area contributed by atoms with Crippen molar-refractivity contribution in [2.24, 2.45) is 0 Å². The van der Waals surface area contributed by atoms with E-state index in [0.29, 0.717) is 0 Å². The maximum Gasteiger partial charge on any atom is 0 e. The number of hydrogen-bond donors (Lipinski definition) is 0. The predicted molar refractivity (Wildman–Crippen MR) is 11.5 cm³/mol. The Labute approximate surface area is 100 Å². The topological polar surface area (TPSA) is 0 Å². The summed E-state index contributed by atoms with van der Waals surface area (Å²) in [5, 5.41) is 0. The molecule has 0 amide bonds. The van der Waals surface area contributed by atoms with Crippen molar-refractivity contribution in [3.63, 3.8) is 0 Å². The van der Waals surface area contributed by atoms with E-state index in [4.69, 9.17) is 0 Å². The maximum absolute atomic E-state index is 0. The van der Waals surface area contributed by atoms with Gasteiger partial charge in [0.2, 0.25) is 0 Å². The van der Waals surface area contributed by atoms with E-state index >= 15 is 0 Å². The van der Waals surface area contributed by atoms with Crippen LogP contribution in [0.3, 0.4) is 0 Å². The SMILES string of the molecule is [Ag].[Ag].[Ag].[Al].[Al]. The minimum atomic E-state index is 0. The third-order valence-corrected chi connectivity index (χ3v) is 0. The Morgan fingerprint density at radius 2 is 0.400 bits per heavy atom. The number of hydrogen-bond acceptors (Lipinski definition) is 0. The summed E-state index contributed by atoms with van der Waals surface area (Å²) < 4.78 is 0. The largest absolute Gasteiger partial charge is 0 e. The zero-order chi connectivity index (χ0) is 0. The molecule has 0 aliphatic heterocycles. The molecule has 0 aliphatic rings. The Balaban J connectivity index is 0. The van der Waals surface area contributed by atoms with Crippen molar-refractivity contribution in [3.05, 3.63) is 0 Å². The van der Waals surface area contributed by atoms with Crippen LogP contribution in [0.15, 0.2) is 0 Å². The molecule has 0 atom stereocenters. The summed E-state index contributed by atoms with van der Waals surface area (Å²) in [7, 11) is 0. The van der Waals surface area contributed by atoms with Crippen LogP contribution in [0, 0.1) is 0 Å². The van der Waals surface area contributed by atoms with Crippen LogP contribution in [0.5, 0.6) is 0 Å². The fourth-order valence-corrected chi connectivity index (χ4v) is 0. The van der Waals surface area contributed by atoms with Gasteiger partial charge in [-0.15, -0.1) is 0 Å². The third-order valence-electron chi connectivity index (χ3n) is 0. The maximum atomic E-state index is 0. The van der Waals surface area contributed by atoms with E-state index in [-0.39, 0.29) is 102 Å². The molecule has 0 rings (SSSR count). The second-order valence-electron chi connectivity index (χ2n) is 0. The first-order valence-electron chi connectivity index (χ1n) is 0. The van der Waals surface area contributed by atoms with E-state index in [1.807, 2.05) is 0 Å². The van der Waals surface area contributed by atoms with Crippen LogP contribution < -0.4 is 0 Å². The van der Waals surface area contributed by atoms with E-state index in [1.165, 1.54) is 0 Å². The summed E-state index contributed by atoms with van der Waals surface area (Å²) in [5.74, 6) is 0. The van der Waals surface area contributed by atoms with Gasteiger partial charge in [-0.1, -0.05) is 0 Å². The smallest absolute Gasteiger partial charge is 0 e. The van der Waals surface area contributed by atoms with Crippen molar-refractivity contribution in [2.45, 2.75) is 0 Å². The molecule has 0 aromatic carbocycles. The first-order valence-corrected chi connectivity index (χ1v) is 0. The summed E-state index contributed by atoms with van der Waals surface area (Å²) in [6.07, 6.45) is 0. The molecule has 0 spiro atoms. The van der Waals surface area contributed by atoms with Crippen molar-refractivity contribution in [2.75, 3.05) is 0 Å². The Hall–Kier alpha value is 3.29. The molecule has 0 saturated carbocycles. The Morgan fingerprint density at radius 1 is 0.400 bits per heavy atom. The van der Waals surface area contributed by atoms with Gasteiger partial charge >= 0.3 is 0 Å². The number of rotatable bonds is 0. The molecule has 0 bridgehead atoms. The Bertz CT molecular complexity index is 4.85. The summed E-state index contributed by atoms with van der Waals surface area (Å²) in [6, 6.07) is 0. The van der Waals surface area contributed by atoms with Gasteiger partial charge in [0.1, 0.15) is 0 Å². The molecule has 0 saturated heterocycles. The van der Waals surface area contributed by atoms with Crippen molar-refractivity contribution in [1.82, 2.24) is 0 Å². The molecule has 0 aliphatic carbocycles. The van der Waals surface area contributed by atoms with Crippen LogP contribution in [0.2, 0.25) is 0 Å². The van der Waals surface area contributed by atoms with Crippen LogP contribution in [-0.2, 0) is 67.1 Å². The molecule has 39 valence electrons. The fraction of sp³-hybridized carbons (Fsp3) is 0. The van der Waals surface area contributed by atoms with Gasteiger partial charge < -0.3 is 0 Å². The molecule has 5 heavy (non-hydrogen) atoms. The summed E-state index contributed by atoms with van der Waals surface area (Å²) in [4.78, 5) is 0. The van der Waals surface area contributed by atoms with Gasteiger partial charge in [-0.3, -0.25) is 0 Å². The monoisotopic (exact) mass is 375 g/mol. The molecule has 5 heteroatoms. The summed E-state index contributed by atoms with van der Waals surface area (Å²) in [5.41, 5.74) is 0. The molecule has 0 N–H and O–H groups in total. The van der Waals surface area contributed by atoms with Gasteiger partial charge in [0.25, 0.3) is 0 Å². The molecule has 0 nitrogen and oxygen atoms in total. The normalized spacial score (nSPS) is 0. The zero-order valence-electron chi connectivity index (χ0n) is 2.06. The van der Waals surface area contributed by atoms with Gasteiger partial charge in [0.05, 0.1) is 0 Å².